The van der Waals surface area contributed by atoms with Gasteiger partial charge in [0.1, 0.15) is 17.1 Å². The highest BCUT2D eigenvalue weighted by Crippen LogP contribution is 2.47. The number of ketones is 1. The van der Waals surface area contributed by atoms with Crippen molar-refractivity contribution < 1.29 is 29.0 Å². The minimum absolute atomic E-state index is 0.339. The molecule has 0 radical (unpaired) electrons. The van der Waals surface area contributed by atoms with Gasteiger partial charge in [-0.3, -0.25) is 14.4 Å². The van der Waals surface area contributed by atoms with Gasteiger partial charge in [-0.15, -0.1) is 0 Å². The van der Waals surface area contributed by atoms with Crippen LogP contribution in [0.1, 0.15) is 66.4 Å². The molecule has 1 aromatic carbocycles. The lowest BCUT2D eigenvalue weighted by Crippen LogP contribution is -2.56. The van der Waals surface area contributed by atoms with E-state index in [2.05, 4.69) is 15.9 Å². The number of carbonyl (C=O) groups is 3. The van der Waals surface area contributed by atoms with Crippen LogP contribution in [0.2, 0.25) is 0 Å². The van der Waals surface area contributed by atoms with E-state index in [9.17, 15) is 19.5 Å². The maximum absolute atomic E-state index is 13.2. The van der Waals surface area contributed by atoms with Crippen LogP contribution in [0.25, 0.3) is 0 Å². The van der Waals surface area contributed by atoms with Crippen LogP contribution < -0.4 is 0 Å². The summed E-state index contributed by atoms with van der Waals surface area (Å²) in [6.45, 7) is 11.8. The van der Waals surface area contributed by atoms with Gasteiger partial charge in [0.2, 0.25) is 0 Å². The predicted molar refractivity (Wildman–Crippen MR) is 116 cm³/mol. The van der Waals surface area contributed by atoms with Crippen LogP contribution in [-0.4, -0.2) is 39.6 Å². The zero-order valence-corrected chi connectivity index (χ0v) is 20.2. The fraction of sp³-hybridized carbons (Fsp3) is 0.609. The number of carbonyl (C=O) groups excluding carboxylic acids is 3. The van der Waals surface area contributed by atoms with E-state index < -0.39 is 52.3 Å². The van der Waals surface area contributed by atoms with Crippen molar-refractivity contribution in [3.63, 3.8) is 0 Å². The lowest BCUT2D eigenvalue weighted by molar-refractivity contribution is -0.182. The zero-order chi connectivity index (χ0) is 23.1. The standard InChI is InChI=1S/C23H31BrO6/c1-21(2,3)29-19(26)17-15(25)12-23(7,28)18(20(27)30-22(4,5)6)16(17)13-8-10-14(24)11-9-13/h8-11,16-18,28H,12H2,1-7H3. The smallest absolute Gasteiger partial charge is 0.317 e. The van der Waals surface area contributed by atoms with Gasteiger partial charge < -0.3 is 14.6 Å². The van der Waals surface area contributed by atoms with E-state index in [1.54, 1.807) is 65.8 Å². The van der Waals surface area contributed by atoms with Crippen LogP contribution in [0.3, 0.4) is 0 Å². The van der Waals surface area contributed by atoms with Crippen LogP contribution in [0, 0.1) is 11.8 Å². The summed E-state index contributed by atoms with van der Waals surface area (Å²) in [4.78, 5) is 39.3. The van der Waals surface area contributed by atoms with Crippen molar-refractivity contribution in [1.29, 1.82) is 0 Å². The molecule has 1 saturated carbocycles. The summed E-state index contributed by atoms with van der Waals surface area (Å²) in [5.41, 5.74) is -2.68. The van der Waals surface area contributed by atoms with Gasteiger partial charge in [0.05, 0.1) is 11.5 Å². The largest absolute Gasteiger partial charge is 0.460 e. The van der Waals surface area contributed by atoms with E-state index in [0.29, 0.717) is 5.56 Å². The Hall–Kier alpha value is -1.73. The summed E-state index contributed by atoms with van der Waals surface area (Å²) in [5, 5.41) is 11.1. The van der Waals surface area contributed by atoms with Crippen molar-refractivity contribution in [2.24, 2.45) is 11.8 Å². The third-order valence-electron chi connectivity index (χ3n) is 4.84. The molecule has 1 N–H and O–H groups in total. The lowest BCUT2D eigenvalue weighted by atomic mass is 9.61. The number of esters is 2. The van der Waals surface area contributed by atoms with E-state index >= 15 is 0 Å². The molecule has 6 nitrogen and oxygen atoms in total. The van der Waals surface area contributed by atoms with E-state index in [4.69, 9.17) is 9.47 Å². The molecule has 1 aliphatic carbocycles. The molecule has 1 aromatic rings. The molecule has 0 amide bonds. The van der Waals surface area contributed by atoms with Crippen molar-refractivity contribution in [2.75, 3.05) is 0 Å². The Balaban J connectivity index is 2.62. The van der Waals surface area contributed by atoms with E-state index in [1.165, 1.54) is 6.92 Å². The van der Waals surface area contributed by atoms with Gasteiger partial charge in [0.15, 0.2) is 5.78 Å². The normalized spacial score (nSPS) is 27.5. The molecular weight excluding hydrogens is 452 g/mol. The second kappa shape index (κ2) is 8.42. The number of ether oxygens (including phenoxy) is 2. The van der Waals surface area contributed by atoms with Gasteiger partial charge in [-0.05, 0) is 66.2 Å². The zero-order valence-electron chi connectivity index (χ0n) is 18.6. The van der Waals surface area contributed by atoms with Crippen LogP contribution in [0.5, 0.6) is 0 Å². The minimum Gasteiger partial charge on any atom is -0.460 e. The molecule has 0 bridgehead atoms. The third kappa shape index (κ3) is 5.91. The van der Waals surface area contributed by atoms with Crippen molar-refractivity contribution in [1.82, 2.24) is 0 Å². The van der Waals surface area contributed by atoms with E-state index in [-0.39, 0.29) is 6.42 Å². The quantitative estimate of drug-likeness (QED) is 0.513. The van der Waals surface area contributed by atoms with Crippen LogP contribution in [0.4, 0.5) is 0 Å². The molecule has 1 fully saturated rings. The number of benzene rings is 1. The first-order chi connectivity index (χ1) is 13.5. The van der Waals surface area contributed by atoms with E-state index in [1.807, 2.05) is 0 Å². The Morgan fingerprint density at radius 2 is 1.47 bits per heavy atom. The lowest BCUT2D eigenvalue weighted by Gasteiger charge is -2.44. The molecule has 2 rings (SSSR count). The molecule has 0 saturated heterocycles. The summed E-state index contributed by atoms with van der Waals surface area (Å²) in [5.74, 6) is -5.07. The van der Waals surface area contributed by atoms with Gasteiger partial charge in [-0.1, -0.05) is 28.1 Å². The Morgan fingerprint density at radius 3 is 1.93 bits per heavy atom. The molecule has 0 aliphatic heterocycles. The van der Waals surface area contributed by atoms with Gasteiger partial charge in [-0.25, -0.2) is 0 Å². The van der Waals surface area contributed by atoms with E-state index in [0.717, 1.165) is 4.47 Å². The molecule has 0 spiro atoms. The molecule has 7 heteroatoms. The summed E-state index contributed by atoms with van der Waals surface area (Å²) < 4.78 is 11.9. The second-order valence-electron chi connectivity index (χ2n) is 10.1. The number of rotatable bonds is 3. The summed E-state index contributed by atoms with van der Waals surface area (Å²) in [7, 11) is 0. The van der Waals surface area contributed by atoms with Crippen molar-refractivity contribution in [2.45, 2.75) is 77.6 Å². The van der Waals surface area contributed by atoms with Crippen LogP contribution in [0.15, 0.2) is 28.7 Å². The highest BCUT2D eigenvalue weighted by Gasteiger charge is 2.57. The maximum atomic E-state index is 13.2. The Labute approximate surface area is 186 Å². The number of halogens is 1. The topological polar surface area (TPSA) is 89.9 Å². The summed E-state index contributed by atoms with van der Waals surface area (Å²) in [6.07, 6.45) is -0.339. The average molecular weight is 483 g/mol. The Bertz CT molecular complexity index is 814. The fourth-order valence-electron chi connectivity index (χ4n) is 3.83. The Kier molecular flexibility index (Phi) is 6.89. The highest BCUT2D eigenvalue weighted by atomic mass is 79.9. The van der Waals surface area contributed by atoms with Crippen LogP contribution >= 0.6 is 15.9 Å². The maximum Gasteiger partial charge on any atom is 0.317 e. The van der Waals surface area contributed by atoms with Crippen molar-refractivity contribution in [3.05, 3.63) is 34.3 Å². The summed E-state index contributed by atoms with van der Waals surface area (Å²) in [6, 6.07) is 7.00. The highest BCUT2D eigenvalue weighted by molar-refractivity contribution is 9.10. The monoisotopic (exact) mass is 482 g/mol. The fourth-order valence-corrected chi connectivity index (χ4v) is 4.10. The molecule has 30 heavy (non-hydrogen) atoms. The predicted octanol–water partition coefficient (Wildman–Crippen LogP) is 4.17. The van der Waals surface area contributed by atoms with Crippen molar-refractivity contribution >= 4 is 33.7 Å². The van der Waals surface area contributed by atoms with Crippen molar-refractivity contribution in [3.8, 4) is 0 Å². The number of hydrogen-bond acceptors (Lipinski definition) is 6. The number of Topliss-reactive ketones (excluding diaryl/α,β-unsaturated/α-hetero) is 1. The Morgan fingerprint density at radius 1 is 1.00 bits per heavy atom. The molecule has 1 aliphatic rings. The van der Waals surface area contributed by atoms with Gasteiger partial charge in [-0.2, -0.15) is 0 Å². The number of hydrogen-bond donors (Lipinski definition) is 1. The van der Waals surface area contributed by atoms with Crippen LogP contribution in [-0.2, 0) is 23.9 Å². The SMILES string of the molecule is CC(C)(C)OC(=O)C1C(=O)CC(C)(O)C(C(=O)OC(C)(C)C)C1c1ccc(Br)cc1. The summed E-state index contributed by atoms with van der Waals surface area (Å²) >= 11 is 3.37. The molecule has 4 unspecified atom stereocenters. The first-order valence-corrected chi connectivity index (χ1v) is 10.8. The molecule has 166 valence electrons. The molecular formula is C23H31BrO6. The first kappa shape index (κ1) is 24.5. The molecule has 0 aromatic heterocycles. The molecule has 0 heterocycles. The van der Waals surface area contributed by atoms with Gasteiger partial charge in [0, 0.05) is 16.8 Å². The minimum atomic E-state index is -1.67. The van der Waals surface area contributed by atoms with Gasteiger partial charge >= 0.3 is 11.9 Å². The van der Waals surface area contributed by atoms with Gasteiger partial charge in [0.25, 0.3) is 0 Å². The number of aliphatic hydroxyl groups is 1. The second-order valence-corrected chi connectivity index (χ2v) is 11.0. The first-order valence-electron chi connectivity index (χ1n) is 9.98. The molecule has 4 atom stereocenters. The third-order valence-corrected chi connectivity index (χ3v) is 5.37. The average Bonchev–Trinajstić information content (AvgIpc) is 2.50.